The van der Waals surface area contributed by atoms with Gasteiger partial charge in [-0.05, 0) is 27.0 Å². The van der Waals surface area contributed by atoms with Crippen molar-refractivity contribution in [3.8, 4) is 5.75 Å². The van der Waals surface area contributed by atoms with Crippen molar-refractivity contribution < 1.29 is 14.6 Å². The van der Waals surface area contributed by atoms with Crippen molar-refractivity contribution >= 4 is 0 Å². The molecule has 1 aromatic heterocycles. The molecule has 3 atom stereocenters. The minimum absolute atomic E-state index is 0.0253. The Labute approximate surface area is 141 Å². The lowest BCUT2D eigenvalue weighted by Crippen LogP contribution is -2.46. The van der Waals surface area contributed by atoms with Gasteiger partial charge in [0.05, 0.1) is 6.61 Å². The van der Waals surface area contributed by atoms with Crippen LogP contribution < -0.4 is 0 Å². The first kappa shape index (κ1) is 15.6. The molecule has 2 aliphatic heterocycles. The third-order valence-corrected chi connectivity index (χ3v) is 4.98. The van der Waals surface area contributed by atoms with Crippen LogP contribution in [0, 0.1) is 0 Å². The lowest BCUT2D eigenvalue weighted by atomic mass is 9.97. The van der Waals surface area contributed by atoms with Crippen LogP contribution in [0.3, 0.4) is 0 Å². The van der Waals surface area contributed by atoms with E-state index in [1.165, 1.54) is 0 Å². The SMILES string of the molecule is CN1[C@@H](c2ccccc2O)Cc2nccn2[C@@H]1[C@H]1COC(C)(C)O1. The minimum Gasteiger partial charge on any atom is -0.508 e. The fourth-order valence-electron chi connectivity index (χ4n) is 3.84. The molecule has 1 aromatic carbocycles. The number of phenols is 1. The molecule has 1 fully saturated rings. The third kappa shape index (κ3) is 2.51. The third-order valence-electron chi connectivity index (χ3n) is 4.98. The highest BCUT2D eigenvalue weighted by Crippen LogP contribution is 2.41. The van der Waals surface area contributed by atoms with Gasteiger partial charge in [-0.15, -0.1) is 0 Å². The van der Waals surface area contributed by atoms with Gasteiger partial charge in [0.1, 0.15) is 23.8 Å². The number of benzene rings is 1. The zero-order valence-corrected chi connectivity index (χ0v) is 14.2. The highest BCUT2D eigenvalue weighted by atomic mass is 16.7. The number of aromatic nitrogens is 2. The van der Waals surface area contributed by atoms with E-state index in [1.54, 1.807) is 6.07 Å². The van der Waals surface area contributed by atoms with Crippen LogP contribution in [0.25, 0.3) is 0 Å². The molecule has 0 bridgehead atoms. The first-order valence-corrected chi connectivity index (χ1v) is 8.29. The second kappa shape index (κ2) is 5.58. The van der Waals surface area contributed by atoms with E-state index in [0.29, 0.717) is 12.4 Å². The minimum atomic E-state index is -0.575. The molecule has 4 rings (SSSR count). The van der Waals surface area contributed by atoms with Gasteiger partial charge in [0, 0.05) is 30.4 Å². The zero-order chi connectivity index (χ0) is 16.9. The predicted molar refractivity (Wildman–Crippen MR) is 88.5 cm³/mol. The van der Waals surface area contributed by atoms with E-state index in [0.717, 1.165) is 17.8 Å². The first-order chi connectivity index (χ1) is 11.5. The van der Waals surface area contributed by atoms with E-state index in [4.69, 9.17) is 9.47 Å². The van der Waals surface area contributed by atoms with Crippen LogP contribution in [0.15, 0.2) is 36.7 Å². The van der Waals surface area contributed by atoms with Gasteiger partial charge in [-0.2, -0.15) is 0 Å². The topological polar surface area (TPSA) is 59.8 Å². The molecule has 6 nitrogen and oxygen atoms in total. The van der Waals surface area contributed by atoms with Gasteiger partial charge < -0.3 is 19.1 Å². The van der Waals surface area contributed by atoms with E-state index >= 15 is 0 Å². The molecule has 3 heterocycles. The number of rotatable bonds is 2. The van der Waals surface area contributed by atoms with Crippen molar-refractivity contribution in [3.63, 3.8) is 0 Å². The molecule has 1 saturated heterocycles. The number of ether oxygens (including phenoxy) is 2. The van der Waals surface area contributed by atoms with Gasteiger partial charge in [0.2, 0.25) is 0 Å². The second-order valence-corrected chi connectivity index (χ2v) is 6.98. The molecule has 24 heavy (non-hydrogen) atoms. The van der Waals surface area contributed by atoms with Gasteiger partial charge in [0.25, 0.3) is 0 Å². The normalized spacial score (nSPS) is 29.5. The molecule has 128 valence electrons. The Morgan fingerprint density at radius 3 is 2.79 bits per heavy atom. The number of nitrogens with zero attached hydrogens (tertiary/aromatic N) is 3. The van der Waals surface area contributed by atoms with Crippen molar-refractivity contribution in [1.82, 2.24) is 14.5 Å². The van der Waals surface area contributed by atoms with Crippen LogP contribution in [0.1, 0.15) is 37.4 Å². The van der Waals surface area contributed by atoms with Gasteiger partial charge in [-0.25, -0.2) is 4.98 Å². The number of hydrogen-bond acceptors (Lipinski definition) is 5. The molecule has 0 amide bonds. The predicted octanol–water partition coefficient (Wildman–Crippen LogP) is 2.47. The zero-order valence-electron chi connectivity index (χ0n) is 14.2. The number of aromatic hydroxyl groups is 1. The summed E-state index contributed by atoms with van der Waals surface area (Å²) in [5, 5.41) is 10.3. The fraction of sp³-hybridized carbons (Fsp3) is 0.500. The summed E-state index contributed by atoms with van der Waals surface area (Å²) in [6, 6.07) is 7.55. The highest BCUT2D eigenvalue weighted by molar-refractivity contribution is 5.35. The van der Waals surface area contributed by atoms with E-state index in [9.17, 15) is 5.11 Å². The van der Waals surface area contributed by atoms with Gasteiger partial charge >= 0.3 is 0 Å². The molecule has 0 unspecified atom stereocenters. The number of phenolic OH excluding ortho intramolecular Hbond substituents is 1. The summed E-state index contributed by atoms with van der Waals surface area (Å²) < 4.78 is 14.1. The van der Waals surface area contributed by atoms with Crippen LogP contribution in [-0.2, 0) is 15.9 Å². The van der Waals surface area contributed by atoms with Crippen LogP contribution in [0.4, 0.5) is 0 Å². The highest BCUT2D eigenvalue weighted by Gasteiger charge is 2.44. The summed E-state index contributed by atoms with van der Waals surface area (Å²) in [5.41, 5.74) is 0.914. The Balaban J connectivity index is 1.73. The maximum Gasteiger partial charge on any atom is 0.163 e. The Kier molecular flexibility index (Phi) is 3.63. The maximum atomic E-state index is 10.3. The molecule has 0 radical (unpaired) electrons. The summed E-state index contributed by atoms with van der Waals surface area (Å²) in [6.07, 6.45) is 4.44. The Bertz CT molecular complexity index is 743. The smallest absolute Gasteiger partial charge is 0.163 e. The van der Waals surface area contributed by atoms with Crippen LogP contribution >= 0.6 is 0 Å². The first-order valence-electron chi connectivity index (χ1n) is 8.29. The molecule has 0 aliphatic carbocycles. The maximum absolute atomic E-state index is 10.3. The molecule has 2 aromatic rings. The number of para-hydroxylation sites is 1. The lowest BCUT2D eigenvalue weighted by molar-refractivity contribution is -0.154. The van der Waals surface area contributed by atoms with E-state index in [-0.39, 0.29) is 18.3 Å². The van der Waals surface area contributed by atoms with Gasteiger partial charge in [-0.1, -0.05) is 18.2 Å². The Hall–Kier alpha value is -1.89. The molecular formula is C18H23N3O3. The monoisotopic (exact) mass is 329 g/mol. The van der Waals surface area contributed by atoms with Crippen molar-refractivity contribution in [2.45, 2.75) is 44.4 Å². The molecule has 2 aliphatic rings. The average Bonchev–Trinajstić information content (AvgIpc) is 3.13. The van der Waals surface area contributed by atoms with Crippen molar-refractivity contribution in [2.75, 3.05) is 13.7 Å². The van der Waals surface area contributed by atoms with Crippen LogP contribution in [0.5, 0.6) is 5.75 Å². The van der Waals surface area contributed by atoms with E-state index < -0.39 is 5.79 Å². The second-order valence-electron chi connectivity index (χ2n) is 6.98. The van der Waals surface area contributed by atoms with Crippen LogP contribution in [-0.4, -0.2) is 45.1 Å². The molecule has 0 saturated carbocycles. The van der Waals surface area contributed by atoms with Crippen molar-refractivity contribution in [3.05, 3.63) is 48.0 Å². The number of likely N-dealkylation sites (N-methyl/N-ethyl adjacent to an activating group) is 1. The summed E-state index contributed by atoms with van der Waals surface area (Å²) in [6.45, 7) is 4.41. The summed E-state index contributed by atoms with van der Waals surface area (Å²) in [7, 11) is 2.07. The summed E-state index contributed by atoms with van der Waals surface area (Å²) >= 11 is 0. The van der Waals surface area contributed by atoms with E-state index in [2.05, 4.69) is 21.5 Å². The largest absolute Gasteiger partial charge is 0.508 e. The fourth-order valence-corrected chi connectivity index (χ4v) is 3.84. The standard InChI is InChI=1S/C18H23N3O3/c1-18(2)23-11-15(24-18)17-20(3)13(10-16-19-8-9-21(16)17)12-6-4-5-7-14(12)22/h4-9,13,15,17,22H,10-11H2,1-3H3/t13-,15-,17-/m1/s1. The van der Waals surface area contributed by atoms with Crippen molar-refractivity contribution in [2.24, 2.45) is 0 Å². The van der Waals surface area contributed by atoms with Gasteiger partial charge in [0.15, 0.2) is 5.79 Å². The Morgan fingerprint density at radius 2 is 2.08 bits per heavy atom. The molecule has 6 heteroatoms. The number of hydrogen-bond donors (Lipinski definition) is 1. The van der Waals surface area contributed by atoms with E-state index in [1.807, 2.05) is 44.4 Å². The quantitative estimate of drug-likeness (QED) is 0.917. The lowest BCUT2D eigenvalue weighted by Gasteiger charge is -2.43. The van der Waals surface area contributed by atoms with Crippen LogP contribution in [0.2, 0.25) is 0 Å². The molecule has 1 N–H and O–H groups in total. The number of fused-ring (bicyclic) bond motifs is 1. The molecule has 0 spiro atoms. The average molecular weight is 329 g/mol. The van der Waals surface area contributed by atoms with Gasteiger partial charge in [-0.3, -0.25) is 4.90 Å². The Morgan fingerprint density at radius 1 is 1.29 bits per heavy atom. The number of imidazole rings is 1. The molecular weight excluding hydrogens is 306 g/mol. The van der Waals surface area contributed by atoms with Crippen molar-refractivity contribution in [1.29, 1.82) is 0 Å². The summed E-state index contributed by atoms with van der Waals surface area (Å²) in [4.78, 5) is 6.76. The summed E-state index contributed by atoms with van der Waals surface area (Å²) in [5.74, 6) is 0.741.